The molecule has 2 rings (SSSR count). The number of phenols is 1. The lowest BCUT2D eigenvalue weighted by atomic mass is 9.86. The van der Waals surface area contributed by atoms with Crippen LogP contribution in [0.1, 0.15) is 22.3 Å². The maximum atomic E-state index is 13.4. The molecule has 0 fully saturated rings. The van der Waals surface area contributed by atoms with Gasteiger partial charge in [0.15, 0.2) is 0 Å². The number of aromatic hydroxyl groups is 1. The highest BCUT2D eigenvalue weighted by Gasteiger charge is 2.48. The molecule has 0 saturated heterocycles. The van der Waals surface area contributed by atoms with Gasteiger partial charge in [-0.15, -0.1) is 0 Å². The van der Waals surface area contributed by atoms with Gasteiger partial charge in [0.2, 0.25) is 0 Å². The van der Waals surface area contributed by atoms with E-state index in [0.29, 0.717) is 0 Å². The van der Waals surface area contributed by atoms with Gasteiger partial charge in [-0.25, -0.2) is 4.39 Å². The minimum absolute atomic E-state index is 0.464. The van der Waals surface area contributed by atoms with Crippen LogP contribution in [0.25, 0.3) is 11.1 Å². The Bertz CT molecular complexity index is 812. The Balaban J connectivity index is 3.26. The summed E-state index contributed by atoms with van der Waals surface area (Å²) in [5.74, 6) is -3.91. The van der Waals surface area contributed by atoms with Crippen molar-refractivity contribution in [1.29, 1.82) is 0 Å². The highest BCUT2D eigenvalue weighted by Crippen LogP contribution is 2.52. The Labute approximate surface area is 157 Å². The second-order valence-corrected chi connectivity index (χ2v) is 5.78. The maximum absolute atomic E-state index is 13.4. The van der Waals surface area contributed by atoms with Crippen LogP contribution in [0.4, 0.5) is 57.1 Å². The van der Waals surface area contributed by atoms with Crippen molar-refractivity contribution in [3.05, 3.63) is 52.3 Å². The van der Waals surface area contributed by atoms with Crippen molar-refractivity contribution in [2.24, 2.45) is 0 Å². The highest BCUT2D eigenvalue weighted by atomic mass is 19.4. The average molecular weight is 460 g/mol. The van der Waals surface area contributed by atoms with Gasteiger partial charge in [0, 0.05) is 11.1 Å². The van der Waals surface area contributed by atoms with Gasteiger partial charge in [0.25, 0.3) is 0 Å². The van der Waals surface area contributed by atoms with Crippen LogP contribution in [0.15, 0.2) is 24.3 Å². The van der Waals surface area contributed by atoms with E-state index < -0.39 is 93.9 Å². The number of phenolic OH excluding ortho intramolecular Hbond substituents is 1. The molecule has 166 valence electrons. The standard InChI is InChI=1S/C16H5F13O/c17-5-1-7(13(18,19)20)11(8(2-5)14(21,22)23)12-9(15(24,25)26)3-6(30)4-10(12)16(27,28)29/h1-4,30H. The van der Waals surface area contributed by atoms with E-state index in [4.69, 9.17) is 0 Å². The van der Waals surface area contributed by atoms with Crippen molar-refractivity contribution in [2.45, 2.75) is 24.7 Å². The van der Waals surface area contributed by atoms with Gasteiger partial charge in [0.05, 0.1) is 22.3 Å². The topological polar surface area (TPSA) is 20.2 Å². The van der Waals surface area contributed by atoms with E-state index in [-0.39, 0.29) is 0 Å². The minimum atomic E-state index is -5.97. The van der Waals surface area contributed by atoms with E-state index in [1.807, 2.05) is 0 Å². The molecule has 0 unspecified atom stereocenters. The molecule has 0 radical (unpaired) electrons. The van der Waals surface area contributed by atoms with Gasteiger partial charge in [-0.05, 0) is 24.3 Å². The van der Waals surface area contributed by atoms with Crippen LogP contribution in [0.2, 0.25) is 0 Å². The zero-order valence-corrected chi connectivity index (χ0v) is 13.7. The summed E-state index contributed by atoms with van der Waals surface area (Å²) in [7, 11) is 0. The zero-order chi connectivity index (χ0) is 23.4. The molecule has 0 saturated carbocycles. The van der Waals surface area contributed by atoms with Gasteiger partial charge in [-0.3, -0.25) is 0 Å². The van der Waals surface area contributed by atoms with Crippen LogP contribution < -0.4 is 0 Å². The Morgan fingerprint density at radius 3 is 0.933 bits per heavy atom. The second-order valence-electron chi connectivity index (χ2n) is 5.78. The number of halogens is 13. The van der Waals surface area contributed by atoms with Gasteiger partial charge < -0.3 is 5.11 Å². The minimum Gasteiger partial charge on any atom is -0.508 e. The van der Waals surface area contributed by atoms with E-state index in [0.717, 1.165) is 0 Å². The molecular formula is C16H5F13O. The zero-order valence-electron chi connectivity index (χ0n) is 13.7. The summed E-state index contributed by atoms with van der Waals surface area (Å²) in [5.41, 5.74) is -15.8. The molecule has 0 aromatic heterocycles. The van der Waals surface area contributed by atoms with E-state index >= 15 is 0 Å². The number of alkyl halides is 12. The predicted octanol–water partition coefficient (Wildman–Crippen LogP) is 7.27. The van der Waals surface area contributed by atoms with Crippen molar-refractivity contribution >= 4 is 0 Å². The van der Waals surface area contributed by atoms with Gasteiger partial charge in [0.1, 0.15) is 11.6 Å². The van der Waals surface area contributed by atoms with Crippen LogP contribution in [0.3, 0.4) is 0 Å². The molecule has 30 heavy (non-hydrogen) atoms. The molecule has 14 heteroatoms. The molecular weight excluding hydrogens is 455 g/mol. The van der Waals surface area contributed by atoms with Crippen LogP contribution in [-0.4, -0.2) is 5.11 Å². The van der Waals surface area contributed by atoms with Crippen LogP contribution in [0.5, 0.6) is 5.75 Å². The normalized spacial score (nSPS) is 13.6. The van der Waals surface area contributed by atoms with Crippen molar-refractivity contribution in [3.8, 4) is 16.9 Å². The van der Waals surface area contributed by atoms with Crippen molar-refractivity contribution < 1.29 is 62.2 Å². The molecule has 0 aliphatic heterocycles. The van der Waals surface area contributed by atoms with Gasteiger partial charge in [-0.2, -0.15) is 52.7 Å². The summed E-state index contributed by atoms with van der Waals surface area (Å²) in [6.07, 6.45) is -23.8. The fourth-order valence-electron chi connectivity index (χ4n) is 2.67. The summed E-state index contributed by atoms with van der Waals surface area (Å²) < 4.78 is 173. The van der Waals surface area contributed by atoms with Crippen LogP contribution in [0, 0.1) is 5.82 Å². The second kappa shape index (κ2) is 6.94. The molecule has 0 amide bonds. The van der Waals surface area contributed by atoms with Gasteiger partial charge in [-0.1, -0.05) is 0 Å². The van der Waals surface area contributed by atoms with Crippen LogP contribution in [-0.2, 0) is 24.7 Å². The molecule has 0 spiro atoms. The van der Waals surface area contributed by atoms with Gasteiger partial charge >= 0.3 is 24.7 Å². The van der Waals surface area contributed by atoms with E-state index in [1.165, 1.54) is 0 Å². The SMILES string of the molecule is Oc1cc(C(F)(F)F)c(-c2c(C(F)(F)F)cc(F)cc2C(F)(F)F)c(C(F)(F)F)c1. The summed E-state index contributed by atoms with van der Waals surface area (Å²) in [5, 5.41) is 9.19. The molecule has 2 aromatic rings. The lowest BCUT2D eigenvalue weighted by molar-refractivity contribution is -0.146. The first-order chi connectivity index (χ1) is 13.2. The van der Waals surface area contributed by atoms with E-state index in [9.17, 15) is 62.2 Å². The van der Waals surface area contributed by atoms with Crippen molar-refractivity contribution in [3.63, 3.8) is 0 Å². The molecule has 1 nitrogen and oxygen atoms in total. The third-order valence-corrected chi connectivity index (χ3v) is 3.70. The van der Waals surface area contributed by atoms with E-state index in [2.05, 4.69) is 0 Å². The quantitative estimate of drug-likeness (QED) is 0.444. The molecule has 0 aliphatic rings. The molecule has 1 N–H and O–H groups in total. The molecule has 0 bridgehead atoms. The maximum Gasteiger partial charge on any atom is 0.417 e. The first-order valence-electron chi connectivity index (χ1n) is 7.24. The Kier molecular flexibility index (Phi) is 5.46. The fraction of sp³-hybridized carbons (Fsp3) is 0.250. The first-order valence-corrected chi connectivity index (χ1v) is 7.24. The fourth-order valence-corrected chi connectivity index (χ4v) is 2.67. The smallest absolute Gasteiger partial charge is 0.417 e. The number of hydrogen-bond acceptors (Lipinski definition) is 1. The summed E-state index contributed by atoms with van der Waals surface area (Å²) in [4.78, 5) is 0. The Morgan fingerprint density at radius 1 is 0.467 bits per heavy atom. The summed E-state index contributed by atoms with van der Waals surface area (Å²) in [6.45, 7) is 0. The van der Waals surface area contributed by atoms with E-state index in [1.54, 1.807) is 0 Å². The van der Waals surface area contributed by atoms with Crippen molar-refractivity contribution in [1.82, 2.24) is 0 Å². The monoisotopic (exact) mass is 460 g/mol. The number of benzene rings is 2. The lowest BCUT2D eigenvalue weighted by Gasteiger charge is -2.25. The molecule has 0 atom stereocenters. The largest absolute Gasteiger partial charge is 0.508 e. The molecule has 0 aliphatic carbocycles. The lowest BCUT2D eigenvalue weighted by Crippen LogP contribution is -2.20. The molecule has 2 aromatic carbocycles. The van der Waals surface area contributed by atoms with Crippen molar-refractivity contribution in [2.75, 3.05) is 0 Å². The molecule has 0 heterocycles. The first kappa shape index (κ1) is 23.6. The number of hydrogen-bond donors (Lipinski definition) is 1. The Morgan fingerprint density at radius 2 is 0.700 bits per heavy atom. The van der Waals surface area contributed by atoms with Crippen LogP contribution >= 0.6 is 0 Å². The third kappa shape index (κ3) is 4.56. The third-order valence-electron chi connectivity index (χ3n) is 3.70. The Hall–Kier alpha value is -2.67. The summed E-state index contributed by atoms with van der Waals surface area (Å²) >= 11 is 0. The highest BCUT2D eigenvalue weighted by molar-refractivity contribution is 5.80. The predicted molar refractivity (Wildman–Crippen MR) is 73.5 cm³/mol. The number of rotatable bonds is 1. The summed E-state index contributed by atoms with van der Waals surface area (Å²) in [6, 6.07) is -2.24. The average Bonchev–Trinajstić information content (AvgIpc) is 2.50.